The van der Waals surface area contributed by atoms with Crippen molar-refractivity contribution in [3.05, 3.63) is 40.5 Å². The first kappa shape index (κ1) is 14.7. The molecule has 2 rings (SSSR count). The van der Waals surface area contributed by atoms with Crippen LogP contribution in [0.1, 0.15) is 41.6 Å². The van der Waals surface area contributed by atoms with Gasteiger partial charge in [0.05, 0.1) is 11.4 Å². The lowest BCUT2D eigenvalue weighted by Gasteiger charge is -2.12. The maximum absolute atomic E-state index is 4.67. The highest BCUT2D eigenvalue weighted by atomic mass is 15.3. The summed E-state index contributed by atoms with van der Waals surface area (Å²) in [7, 11) is 0. The highest BCUT2D eigenvalue weighted by molar-refractivity contribution is 5.43. The van der Waals surface area contributed by atoms with Crippen LogP contribution >= 0.6 is 0 Å². The van der Waals surface area contributed by atoms with Gasteiger partial charge in [-0.2, -0.15) is 5.10 Å². The number of nitrogens with one attached hydrogen (secondary N) is 1. The van der Waals surface area contributed by atoms with E-state index in [-0.39, 0.29) is 0 Å². The fourth-order valence-electron chi connectivity index (χ4n) is 2.26. The van der Waals surface area contributed by atoms with Gasteiger partial charge in [-0.05, 0) is 52.3 Å². The summed E-state index contributed by atoms with van der Waals surface area (Å²) in [6, 6.07) is 2.11. The van der Waals surface area contributed by atoms with Crippen LogP contribution in [0.15, 0.2) is 12.3 Å². The second kappa shape index (κ2) is 6.18. The quantitative estimate of drug-likeness (QED) is 0.851. The van der Waals surface area contributed by atoms with E-state index in [1.807, 2.05) is 17.8 Å². The van der Waals surface area contributed by atoms with Crippen molar-refractivity contribution in [3.63, 3.8) is 0 Å². The molecule has 0 aliphatic carbocycles. The molecule has 0 radical (unpaired) electrons. The van der Waals surface area contributed by atoms with Gasteiger partial charge in [0.1, 0.15) is 0 Å². The number of aryl methyl sites for hydroxylation is 2. The smallest absolute Gasteiger partial charge is 0.0727 e. The molecule has 0 bridgehead atoms. The molecule has 0 unspecified atom stereocenters. The van der Waals surface area contributed by atoms with E-state index in [0.29, 0.717) is 0 Å². The monoisotopic (exact) mass is 272 g/mol. The Balaban J connectivity index is 2.43. The van der Waals surface area contributed by atoms with Crippen molar-refractivity contribution in [3.8, 4) is 5.69 Å². The molecule has 0 spiro atoms. The average Bonchev–Trinajstić information content (AvgIpc) is 2.68. The van der Waals surface area contributed by atoms with E-state index in [0.717, 1.165) is 36.6 Å². The van der Waals surface area contributed by atoms with Crippen molar-refractivity contribution in [2.45, 2.75) is 47.6 Å². The SMILES string of the molecule is CCCNCc1cnc(C)cc1-n1nc(C)c(C)c1C. The van der Waals surface area contributed by atoms with Gasteiger partial charge >= 0.3 is 0 Å². The van der Waals surface area contributed by atoms with Crippen LogP contribution in [0.2, 0.25) is 0 Å². The van der Waals surface area contributed by atoms with Gasteiger partial charge in [0.2, 0.25) is 0 Å². The van der Waals surface area contributed by atoms with Crippen LogP contribution in [0.4, 0.5) is 0 Å². The van der Waals surface area contributed by atoms with Gasteiger partial charge in [0, 0.05) is 29.7 Å². The van der Waals surface area contributed by atoms with Crippen LogP contribution in [0, 0.1) is 27.7 Å². The van der Waals surface area contributed by atoms with Gasteiger partial charge in [-0.15, -0.1) is 0 Å². The van der Waals surface area contributed by atoms with Gasteiger partial charge in [-0.25, -0.2) is 4.68 Å². The summed E-state index contributed by atoms with van der Waals surface area (Å²) in [4.78, 5) is 4.42. The Morgan fingerprint density at radius 1 is 1.20 bits per heavy atom. The lowest BCUT2D eigenvalue weighted by atomic mass is 10.2. The molecule has 0 saturated carbocycles. The minimum Gasteiger partial charge on any atom is -0.313 e. The second-order valence-electron chi connectivity index (χ2n) is 5.34. The molecule has 0 aromatic carbocycles. The second-order valence-corrected chi connectivity index (χ2v) is 5.34. The third kappa shape index (κ3) is 2.90. The number of pyridine rings is 1. The van der Waals surface area contributed by atoms with E-state index in [2.05, 4.69) is 49.2 Å². The lowest BCUT2D eigenvalue weighted by Crippen LogP contribution is -2.16. The van der Waals surface area contributed by atoms with E-state index in [1.165, 1.54) is 16.8 Å². The highest BCUT2D eigenvalue weighted by Gasteiger charge is 2.12. The third-order valence-electron chi connectivity index (χ3n) is 3.72. The van der Waals surface area contributed by atoms with Crippen LogP contribution in [0.3, 0.4) is 0 Å². The molecule has 1 N–H and O–H groups in total. The molecule has 4 nitrogen and oxygen atoms in total. The van der Waals surface area contributed by atoms with Crippen molar-refractivity contribution in [2.24, 2.45) is 0 Å². The molecule has 2 aromatic rings. The molecule has 0 saturated heterocycles. The number of hydrogen-bond donors (Lipinski definition) is 1. The topological polar surface area (TPSA) is 42.7 Å². The predicted octanol–water partition coefficient (Wildman–Crippen LogP) is 3.00. The first-order valence-electron chi connectivity index (χ1n) is 7.24. The van der Waals surface area contributed by atoms with Crippen molar-refractivity contribution >= 4 is 0 Å². The standard InChI is InChI=1S/C16H24N4/c1-6-7-17-9-15-10-18-11(2)8-16(15)20-14(5)12(3)13(4)19-20/h8,10,17H,6-7,9H2,1-5H3. The number of hydrogen-bond acceptors (Lipinski definition) is 3. The molecule has 2 aromatic heterocycles. The number of nitrogens with zero attached hydrogens (tertiary/aromatic N) is 3. The van der Waals surface area contributed by atoms with Gasteiger partial charge in [-0.3, -0.25) is 4.98 Å². The maximum Gasteiger partial charge on any atom is 0.0727 e. The summed E-state index contributed by atoms with van der Waals surface area (Å²) in [5.41, 5.74) is 6.88. The van der Waals surface area contributed by atoms with Crippen LogP contribution in [-0.4, -0.2) is 21.3 Å². The van der Waals surface area contributed by atoms with Crippen molar-refractivity contribution in [2.75, 3.05) is 6.54 Å². The summed E-state index contributed by atoms with van der Waals surface area (Å²) in [5, 5.41) is 8.11. The fourth-order valence-corrected chi connectivity index (χ4v) is 2.26. The summed E-state index contributed by atoms with van der Waals surface area (Å²) in [6.45, 7) is 12.3. The van der Waals surface area contributed by atoms with Crippen molar-refractivity contribution in [1.82, 2.24) is 20.1 Å². The molecule has 0 fully saturated rings. The normalized spacial score (nSPS) is 11.1. The summed E-state index contributed by atoms with van der Waals surface area (Å²) >= 11 is 0. The van der Waals surface area contributed by atoms with E-state index in [1.54, 1.807) is 0 Å². The molecule has 108 valence electrons. The zero-order valence-corrected chi connectivity index (χ0v) is 13.1. The molecule has 2 heterocycles. The molecular weight excluding hydrogens is 248 g/mol. The first-order valence-corrected chi connectivity index (χ1v) is 7.24. The zero-order valence-electron chi connectivity index (χ0n) is 13.1. The molecule has 4 heteroatoms. The molecule has 20 heavy (non-hydrogen) atoms. The number of rotatable bonds is 5. The van der Waals surface area contributed by atoms with Gasteiger partial charge in [0.15, 0.2) is 0 Å². The molecule has 0 aliphatic rings. The van der Waals surface area contributed by atoms with Crippen LogP contribution < -0.4 is 5.32 Å². The van der Waals surface area contributed by atoms with Crippen LogP contribution in [-0.2, 0) is 6.54 Å². The van der Waals surface area contributed by atoms with Gasteiger partial charge < -0.3 is 5.32 Å². The first-order chi connectivity index (χ1) is 9.54. The van der Waals surface area contributed by atoms with Crippen LogP contribution in [0.5, 0.6) is 0 Å². The van der Waals surface area contributed by atoms with Crippen molar-refractivity contribution < 1.29 is 0 Å². The Morgan fingerprint density at radius 3 is 2.55 bits per heavy atom. The lowest BCUT2D eigenvalue weighted by molar-refractivity contribution is 0.666. The average molecular weight is 272 g/mol. The van der Waals surface area contributed by atoms with E-state index < -0.39 is 0 Å². The van der Waals surface area contributed by atoms with Gasteiger partial charge in [-0.1, -0.05) is 6.92 Å². The fraction of sp³-hybridized carbons (Fsp3) is 0.500. The summed E-state index contributed by atoms with van der Waals surface area (Å²) in [6.07, 6.45) is 3.09. The molecule has 0 aliphatic heterocycles. The number of aromatic nitrogens is 3. The van der Waals surface area contributed by atoms with Crippen LogP contribution in [0.25, 0.3) is 5.69 Å². The molecule has 0 atom stereocenters. The van der Waals surface area contributed by atoms with E-state index >= 15 is 0 Å². The Morgan fingerprint density at radius 2 is 1.95 bits per heavy atom. The Labute approximate surface area is 121 Å². The summed E-state index contributed by atoms with van der Waals surface area (Å²) in [5.74, 6) is 0. The minimum atomic E-state index is 0.827. The van der Waals surface area contributed by atoms with Gasteiger partial charge in [0.25, 0.3) is 0 Å². The third-order valence-corrected chi connectivity index (χ3v) is 3.72. The maximum atomic E-state index is 4.67. The molecular formula is C16H24N4. The minimum absolute atomic E-state index is 0.827. The Bertz CT molecular complexity index is 599. The Hall–Kier alpha value is -1.68. The van der Waals surface area contributed by atoms with E-state index in [9.17, 15) is 0 Å². The van der Waals surface area contributed by atoms with E-state index in [4.69, 9.17) is 0 Å². The predicted molar refractivity (Wildman–Crippen MR) is 82.3 cm³/mol. The molecule has 0 amide bonds. The largest absolute Gasteiger partial charge is 0.313 e. The Kier molecular flexibility index (Phi) is 4.55. The van der Waals surface area contributed by atoms with Crippen molar-refractivity contribution in [1.29, 1.82) is 0 Å². The zero-order chi connectivity index (χ0) is 14.7. The summed E-state index contributed by atoms with van der Waals surface area (Å²) < 4.78 is 2.04. The highest BCUT2D eigenvalue weighted by Crippen LogP contribution is 2.20.